The van der Waals surface area contributed by atoms with Gasteiger partial charge in [0.25, 0.3) is 0 Å². The normalized spacial score (nSPS) is 16.8. The number of allylic oxidation sites excluding steroid dienone is 1. The molecule has 0 atom stereocenters. The molecule has 4 heteroatoms. The number of carbonyl (C=O) groups excluding carboxylic acids is 1. The monoisotopic (exact) mass is 315 g/mol. The van der Waals surface area contributed by atoms with Crippen LogP contribution in [0.2, 0.25) is 0 Å². The molecule has 0 radical (unpaired) electrons. The molecule has 0 aliphatic carbocycles. The summed E-state index contributed by atoms with van der Waals surface area (Å²) in [6.45, 7) is 0.539. The molecule has 0 saturated heterocycles. The van der Waals surface area contributed by atoms with Crippen LogP contribution in [0, 0.1) is 0 Å². The number of hydrogen-bond acceptors (Lipinski definition) is 3. The van der Waals surface area contributed by atoms with E-state index < -0.39 is 0 Å². The van der Waals surface area contributed by atoms with Crippen LogP contribution in [-0.2, 0) is 0 Å². The Morgan fingerprint density at radius 2 is 2.04 bits per heavy atom. The first kappa shape index (κ1) is 13.2. The number of fused-ring (bicyclic) bond motifs is 4. The molecule has 116 valence electrons. The van der Waals surface area contributed by atoms with Crippen LogP contribution < -0.4 is 9.47 Å². The van der Waals surface area contributed by atoms with Crippen molar-refractivity contribution in [3.8, 4) is 11.5 Å². The van der Waals surface area contributed by atoms with Crippen molar-refractivity contribution in [2.24, 2.45) is 0 Å². The van der Waals surface area contributed by atoms with E-state index in [2.05, 4.69) is 4.98 Å². The van der Waals surface area contributed by atoms with E-state index >= 15 is 0 Å². The number of benzene rings is 2. The second-order valence-corrected chi connectivity index (χ2v) is 5.80. The Bertz CT molecular complexity index is 1060. The third kappa shape index (κ3) is 1.83. The lowest BCUT2D eigenvalue weighted by atomic mass is 10.0. The Labute approximate surface area is 138 Å². The van der Waals surface area contributed by atoms with E-state index in [4.69, 9.17) is 9.47 Å². The molecule has 0 fully saturated rings. The van der Waals surface area contributed by atoms with E-state index in [0.29, 0.717) is 23.7 Å². The average molecular weight is 315 g/mol. The van der Waals surface area contributed by atoms with E-state index in [1.54, 1.807) is 12.1 Å². The summed E-state index contributed by atoms with van der Waals surface area (Å²) in [6.07, 6.45) is 7.54. The van der Waals surface area contributed by atoms with Gasteiger partial charge in [0, 0.05) is 22.7 Å². The van der Waals surface area contributed by atoms with Crippen molar-refractivity contribution in [2.45, 2.75) is 0 Å². The molecule has 3 heterocycles. The number of H-pyrrole nitrogens is 1. The fraction of sp³-hybridized carbons (Fsp3) is 0.0500. The van der Waals surface area contributed by atoms with Crippen LogP contribution in [0.5, 0.6) is 11.5 Å². The van der Waals surface area contributed by atoms with Gasteiger partial charge in [0.15, 0.2) is 5.76 Å². The maximum atomic E-state index is 12.7. The average Bonchev–Trinajstić information content (AvgIpc) is 3.18. The molecule has 0 spiro atoms. The Morgan fingerprint density at radius 1 is 1.12 bits per heavy atom. The number of para-hydroxylation sites is 1. The maximum absolute atomic E-state index is 12.7. The summed E-state index contributed by atoms with van der Waals surface area (Å²) in [4.78, 5) is 15.9. The summed E-state index contributed by atoms with van der Waals surface area (Å²) in [6, 6.07) is 11.6. The lowest BCUT2D eigenvalue weighted by Gasteiger charge is -2.14. The molecule has 2 aliphatic heterocycles. The largest absolute Gasteiger partial charge is 0.489 e. The highest BCUT2D eigenvalue weighted by Gasteiger charge is 2.31. The van der Waals surface area contributed by atoms with Crippen molar-refractivity contribution in [2.75, 3.05) is 6.61 Å². The molecule has 1 aromatic heterocycles. The zero-order valence-corrected chi connectivity index (χ0v) is 12.7. The predicted octanol–water partition coefficient (Wildman–Crippen LogP) is 4.19. The summed E-state index contributed by atoms with van der Waals surface area (Å²) in [5, 5.41) is 1.06. The second kappa shape index (κ2) is 4.86. The van der Waals surface area contributed by atoms with Crippen LogP contribution in [0.4, 0.5) is 0 Å². The predicted molar refractivity (Wildman–Crippen MR) is 92.2 cm³/mol. The van der Waals surface area contributed by atoms with Gasteiger partial charge in [0.2, 0.25) is 5.78 Å². The van der Waals surface area contributed by atoms with Gasteiger partial charge in [-0.1, -0.05) is 18.2 Å². The molecule has 1 N–H and O–H groups in total. The van der Waals surface area contributed by atoms with E-state index in [1.807, 2.05) is 48.7 Å². The van der Waals surface area contributed by atoms with Gasteiger partial charge < -0.3 is 14.5 Å². The number of aromatic amines is 1. The van der Waals surface area contributed by atoms with Crippen molar-refractivity contribution < 1.29 is 14.3 Å². The van der Waals surface area contributed by atoms with E-state index in [0.717, 1.165) is 27.8 Å². The Hall–Kier alpha value is -3.27. The number of aromatic nitrogens is 1. The van der Waals surface area contributed by atoms with Gasteiger partial charge in [0.1, 0.15) is 18.1 Å². The van der Waals surface area contributed by atoms with E-state index in [-0.39, 0.29) is 5.78 Å². The van der Waals surface area contributed by atoms with Crippen molar-refractivity contribution in [3.63, 3.8) is 0 Å². The number of Topliss-reactive ketones (excluding diaryl/α,β-unsaturated/α-hetero) is 1. The first-order chi connectivity index (χ1) is 11.8. The standard InChI is InChI=1S/C20H13NO3/c22-19-15-7-8-17-14(5-3-9-23-17)20(15)24-18(19)10-12-11-21-16-6-2-1-4-13(12)16/h1-8,10-11,21H,9H2/b18-10-. The zero-order chi connectivity index (χ0) is 16.1. The highest BCUT2D eigenvalue weighted by molar-refractivity contribution is 6.16. The number of rotatable bonds is 1. The summed E-state index contributed by atoms with van der Waals surface area (Å²) in [5.41, 5.74) is 3.37. The molecule has 5 rings (SSSR count). The van der Waals surface area contributed by atoms with Crippen LogP contribution in [0.15, 0.2) is 54.4 Å². The Morgan fingerprint density at radius 3 is 3.00 bits per heavy atom. The first-order valence-corrected chi connectivity index (χ1v) is 7.78. The molecule has 2 aliphatic rings. The number of carbonyl (C=O) groups is 1. The minimum absolute atomic E-state index is 0.0999. The van der Waals surface area contributed by atoms with Crippen molar-refractivity contribution in [1.82, 2.24) is 4.98 Å². The van der Waals surface area contributed by atoms with E-state index in [1.165, 1.54) is 0 Å². The Balaban J connectivity index is 1.62. The summed E-state index contributed by atoms with van der Waals surface area (Å²) in [5.74, 6) is 1.57. The number of hydrogen-bond donors (Lipinski definition) is 1. The van der Waals surface area contributed by atoms with Crippen LogP contribution in [0.1, 0.15) is 21.5 Å². The molecule has 0 amide bonds. The number of ether oxygens (including phenoxy) is 2. The van der Waals surface area contributed by atoms with Crippen LogP contribution >= 0.6 is 0 Å². The van der Waals surface area contributed by atoms with Crippen LogP contribution in [-0.4, -0.2) is 17.4 Å². The molecule has 0 saturated carbocycles. The quantitative estimate of drug-likeness (QED) is 0.685. The van der Waals surface area contributed by atoms with Crippen molar-refractivity contribution in [1.29, 1.82) is 0 Å². The summed E-state index contributed by atoms with van der Waals surface area (Å²) >= 11 is 0. The topological polar surface area (TPSA) is 51.3 Å². The fourth-order valence-corrected chi connectivity index (χ4v) is 3.20. The third-order valence-electron chi connectivity index (χ3n) is 4.36. The van der Waals surface area contributed by atoms with Gasteiger partial charge in [-0.15, -0.1) is 0 Å². The van der Waals surface area contributed by atoms with Gasteiger partial charge >= 0.3 is 0 Å². The van der Waals surface area contributed by atoms with Crippen molar-refractivity contribution >= 4 is 28.8 Å². The fourth-order valence-electron chi connectivity index (χ4n) is 3.20. The molecule has 2 aromatic carbocycles. The highest BCUT2D eigenvalue weighted by Crippen LogP contribution is 2.41. The lowest BCUT2D eigenvalue weighted by Crippen LogP contribution is -2.01. The van der Waals surface area contributed by atoms with E-state index in [9.17, 15) is 4.79 Å². The molecule has 3 aromatic rings. The minimum Gasteiger partial charge on any atom is -0.489 e. The Kier molecular flexibility index (Phi) is 2.67. The van der Waals surface area contributed by atoms with Gasteiger partial charge in [-0.05, 0) is 36.4 Å². The van der Waals surface area contributed by atoms with Crippen molar-refractivity contribution in [3.05, 3.63) is 71.1 Å². The molecule has 0 bridgehead atoms. The second-order valence-electron chi connectivity index (χ2n) is 5.80. The maximum Gasteiger partial charge on any atom is 0.231 e. The molecule has 4 nitrogen and oxygen atoms in total. The number of nitrogens with one attached hydrogen (secondary N) is 1. The molecular formula is C20H13NO3. The van der Waals surface area contributed by atoms with Gasteiger partial charge in [-0.2, -0.15) is 0 Å². The molecule has 0 unspecified atom stereocenters. The van der Waals surface area contributed by atoms with Crippen LogP contribution in [0.25, 0.3) is 23.1 Å². The summed E-state index contributed by atoms with van der Waals surface area (Å²) < 4.78 is 11.5. The first-order valence-electron chi connectivity index (χ1n) is 7.78. The van der Waals surface area contributed by atoms with Gasteiger partial charge in [-0.25, -0.2) is 0 Å². The lowest BCUT2D eigenvalue weighted by molar-refractivity contribution is 0.101. The third-order valence-corrected chi connectivity index (χ3v) is 4.36. The number of ketones is 1. The van der Waals surface area contributed by atoms with Crippen LogP contribution in [0.3, 0.4) is 0 Å². The summed E-state index contributed by atoms with van der Waals surface area (Å²) in [7, 11) is 0. The highest BCUT2D eigenvalue weighted by atomic mass is 16.5. The minimum atomic E-state index is -0.0999. The van der Waals surface area contributed by atoms with Gasteiger partial charge in [0.05, 0.1) is 11.1 Å². The zero-order valence-electron chi connectivity index (χ0n) is 12.7. The molecule has 24 heavy (non-hydrogen) atoms. The smallest absolute Gasteiger partial charge is 0.231 e. The SMILES string of the molecule is O=C1/C(=C/c2c[nH]c3ccccc23)Oc2c1ccc1c2C=CCO1. The van der Waals surface area contributed by atoms with Gasteiger partial charge in [-0.3, -0.25) is 4.79 Å². The molecular weight excluding hydrogens is 302 g/mol.